The predicted molar refractivity (Wildman–Crippen MR) is 105 cm³/mol. The van der Waals surface area contributed by atoms with Crippen LogP contribution in [0.2, 0.25) is 5.02 Å². The summed E-state index contributed by atoms with van der Waals surface area (Å²) in [5.41, 5.74) is 2.17. The SMILES string of the molecule is CCN(c1ccc(C(=O)Nc2cc3c(cc2Cl)OCCO3)cc1)C(C)C. The summed E-state index contributed by atoms with van der Waals surface area (Å²) in [5, 5.41) is 3.26. The first kappa shape index (κ1) is 18.4. The number of benzene rings is 2. The lowest BCUT2D eigenvalue weighted by molar-refractivity contribution is 0.102. The van der Waals surface area contributed by atoms with Crippen molar-refractivity contribution < 1.29 is 14.3 Å². The molecule has 6 heteroatoms. The summed E-state index contributed by atoms with van der Waals surface area (Å²) in [6.07, 6.45) is 0. The summed E-state index contributed by atoms with van der Waals surface area (Å²) in [7, 11) is 0. The second-order valence-electron chi connectivity index (χ2n) is 6.36. The van der Waals surface area contributed by atoms with E-state index in [4.69, 9.17) is 21.1 Å². The average Bonchev–Trinajstić information content (AvgIpc) is 2.63. The molecule has 1 amide bonds. The molecule has 0 unspecified atom stereocenters. The lowest BCUT2D eigenvalue weighted by atomic mass is 10.1. The van der Waals surface area contributed by atoms with Crippen molar-refractivity contribution in [1.82, 2.24) is 0 Å². The number of ether oxygens (including phenoxy) is 2. The van der Waals surface area contributed by atoms with Crippen molar-refractivity contribution in [2.45, 2.75) is 26.8 Å². The molecule has 1 heterocycles. The quantitative estimate of drug-likeness (QED) is 0.831. The highest BCUT2D eigenvalue weighted by atomic mass is 35.5. The Morgan fingerprint density at radius 3 is 2.35 bits per heavy atom. The highest BCUT2D eigenvalue weighted by Crippen LogP contribution is 2.38. The fraction of sp³-hybridized carbons (Fsp3) is 0.350. The molecule has 138 valence electrons. The molecular weight excluding hydrogens is 352 g/mol. The maximum absolute atomic E-state index is 12.6. The van der Waals surface area contributed by atoms with Crippen LogP contribution in [-0.4, -0.2) is 31.7 Å². The van der Waals surface area contributed by atoms with Gasteiger partial charge in [0.25, 0.3) is 5.91 Å². The van der Waals surface area contributed by atoms with Crippen LogP contribution in [0.5, 0.6) is 11.5 Å². The molecule has 2 aromatic rings. The van der Waals surface area contributed by atoms with Crippen molar-refractivity contribution in [3.8, 4) is 11.5 Å². The van der Waals surface area contributed by atoms with Crippen molar-refractivity contribution in [3.05, 3.63) is 47.0 Å². The molecule has 0 radical (unpaired) electrons. The van der Waals surface area contributed by atoms with Gasteiger partial charge >= 0.3 is 0 Å². The Morgan fingerprint density at radius 1 is 1.15 bits per heavy atom. The van der Waals surface area contributed by atoms with Gasteiger partial charge in [-0.2, -0.15) is 0 Å². The third-order valence-electron chi connectivity index (χ3n) is 4.31. The Labute approximate surface area is 158 Å². The van der Waals surface area contributed by atoms with E-state index in [-0.39, 0.29) is 5.91 Å². The minimum atomic E-state index is -0.220. The van der Waals surface area contributed by atoms with E-state index >= 15 is 0 Å². The van der Waals surface area contributed by atoms with E-state index < -0.39 is 0 Å². The Morgan fingerprint density at radius 2 is 1.77 bits per heavy atom. The first-order chi connectivity index (χ1) is 12.5. The van der Waals surface area contributed by atoms with E-state index in [0.717, 1.165) is 12.2 Å². The van der Waals surface area contributed by atoms with Gasteiger partial charge in [0.15, 0.2) is 11.5 Å². The zero-order valence-corrected chi connectivity index (χ0v) is 16.0. The summed E-state index contributed by atoms with van der Waals surface area (Å²) in [6.45, 7) is 8.29. The van der Waals surface area contributed by atoms with Crippen LogP contribution in [0, 0.1) is 0 Å². The van der Waals surface area contributed by atoms with Crippen LogP contribution in [0.4, 0.5) is 11.4 Å². The first-order valence-corrected chi connectivity index (χ1v) is 9.14. The molecule has 0 fully saturated rings. The minimum absolute atomic E-state index is 0.220. The van der Waals surface area contributed by atoms with Crippen LogP contribution in [0.15, 0.2) is 36.4 Å². The van der Waals surface area contributed by atoms with Crippen LogP contribution in [-0.2, 0) is 0 Å². The van der Waals surface area contributed by atoms with Crippen LogP contribution < -0.4 is 19.7 Å². The Kier molecular flexibility index (Phi) is 5.57. The highest BCUT2D eigenvalue weighted by Gasteiger charge is 2.17. The molecule has 0 aliphatic carbocycles. The largest absolute Gasteiger partial charge is 0.486 e. The van der Waals surface area contributed by atoms with Gasteiger partial charge in [-0.15, -0.1) is 0 Å². The van der Waals surface area contributed by atoms with Crippen molar-refractivity contribution in [2.75, 3.05) is 30.0 Å². The van der Waals surface area contributed by atoms with Gasteiger partial charge in [0, 0.05) is 36.0 Å². The van der Waals surface area contributed by atoms with Crippen LogP contribution >= 0.6 is 11.6 Å². The number of carbonyl (C=O) groups excluding carboxylic acids is 1. The fourth-order valence-corrected chi connectivity index (χ4v) is 3.21. The van der Waals surface area contributed by atoms with E-state index in [9.17, 15) is 4.79 Å². The van der Waals surface area contributed by atoms with Crippen molar-refractivity contribution in [2.24, 2.45) is 0 Å². The van der Waals surface area contributed by atoms with E-state index in [0.29, 0.717) is 47.0 Å². The molecule has 1 aliphatic rings. The third-order valence-corrected chi connectivity index (χ3v) is 4.62. The minimum Gasteiger partial charge on any atom is -0.486 e. The Balaban J connectivity index is 1.76. The average molecular weight is 375 g/mol. The summed E-state index contributed by atoms with van der Waals surface area (Å²) in [6, 6.07) is 11.3. The molecule has 1 N–H and O–H groups in total. The summed E-state index contributed by atoms with van der Waals surface area (Å²) in [5.74, 6) is 0.960. The predicted octanol–water partition coefficient (Wildman–Crippen LogP) is 4.60. The zero-order valence-electron chi connectivity index (χ0n) is 15.2. The molecule has 2 aromatic carbocycles. The number of nitrogens with one attached hydrogen (secondary N) is 1. The highest BCUT2D eigenvalue weighted by molar-refractivity contribution is 6.34. The molecule has 0 atom stereocenters. The number of nitrogens with zero attached hydrogens (tertiary/aromatic N) is 1. The second-order valence-corrected chi connectivity index (χ2v) is 6.76. The van der Waals surface area contributed by atoms with Gasteiger partial charge in [-0.3, -0.25) is 4.79 Å². The number of carbonyl (C=O) groups is 1. The third kappa shape index (κ3) is 3.88. The van der Waals surface area contributed by atoms with Gasteiger partial charge in [-0.1, -0.05) is 11.6 Å². The van der Waals surface area contributed by atoms with Crippen molar-refractivity contribution >= 4 is 28.9 Å². The van der Waals surface area contributed by atoms with E-state index in [2.05, 4.69) is 31.0 Å². The van der Waals surface area contributed by atoms with Gasteiger partial charge < -0.3 is 19.7 Å². The van der Waals surface area contributed by atoms with Crippen LogP contribution in [0.1, 0.15) is 31.1 Å². The number of hydrogen-bond acceptors (Lipinski definition) is 4. The number of anilines is 2. The molecule has 0 aromatic heterocycles. The normalized spacial score (nSPS) is 12.8. The maximum Gasteiger partial charge on any atom is 0.255 e. The number of amides is 1. The molecule has 3 rings (SSSR count). The fourth-order valence-electron chi connectivity index (χ4n) is 3.00. The molecule has 0 saturated heterocycles. The Hall–Kier alpha value is -2.40. The molecule has 1 aliphatic heterocycles. The lowest BCUT2D eigenvalue weighted by Crippen LogP contribution is -2.30. The molecule has 0 bridgehead atoms. The first-order valence-electron chi connectivity index (χ1n) is 8.76. The maximum atomic E-state index is 12.6. The molecule has 5 nitrogen and oxygen atoms in total. The molecular formula is C20H23ClN2O3. The van der Waals surface area contributed by atoms with Crippen LogP contribution in [0.3, 0.4) is 0 Å². The Bertz CT molecular complexity index is 790. The summed E-state index contributed by atoms with van der Waals surface area (Å²) >= 11 is 6.26. The van der Waals surface area contributed by atoms with Gasteiger partial charge in [0.05, 0.1) is 10.7 Å². The van der Waals surface area contributed by atoms with Gasteiger partial charge in [0.2, 0.25) is 0 Å². The number of hydrogen-bond donors (Lipinski definition) is 1. The van der Waals surface area contributed by atoms with E-state index in [1.807, 2.05) is 24.3 Å². The number of rotatable bonds is 5. The topological polar surface area (TPSA) is 50.8 Å². The van der Waals surface area contributed by atoms with Crippen molar-refractivity contribution in [1.29, 1.82) is 0 Å². The van der Waals surface area contributed by atoms with E-state index in [1.54, 1.807) is 12.1 Å². The standard InChI is InChI=1S/C20H23ClN2O3/c1-4-23(13(2)3)15-7-5-14(6-8-15)20(24)22-17-12-19-18(11-16(17)21)25-9-10-26-19/h5-8,11-13H,4,9-10H2,1-3H3,(H,22,24). The molecule has 0 saturated carbocycles. The monoisotopic (exact) mass is 374 g/mol. The summed E-state index contributed by atoms with van der Waals surface area (Å²) < 4.78 is 11.0. The zero-order chi connectivity index (χ0) is 18.7. The van der Waals surface area contributed by atoms with E-state index in [1.165, 1.54) is 0 Å². The number of halogens is 1. The summed E-state index contributed by atoms with van der Waals surface area (Å²) in [4.78, 5) is 14.8. The smallest absolute Gasteiger partial charge is 0.255 e. The molecule has 26 heavy (non-hydrogen) atoms. The molecule has 0 spiro atoms. The lowest BCUT2D eigenvalue weighted by Gasteiger charge is -2.27. The van der Waals surface area contributed by atoms with Gasteiger partial charge in [0.1, 0.15) is 13.2 Å². The van der Waals surface area contributed by atoms with Gasteiger partial charge in [-0.25, -0.2) is 0 Å². The van der Waals surface area contributed by atoms with Crippen LogP contribution in [0.25, 0.3) is 0 Å². The van der Waals surface area contributed by atoms with Gasteiger partial charge in [-0.05, 0) is 45.0 Å². The number of fused-ring (bicyclic) bond motifs is 1. The van der Waals surface area contributed by atoms with Crippen molar-refractivity contribution in [3.63, 3.8) is 0 Å². The second kappa shape index (κ2) is 7.87.